The van der Waals surface area contributed by atoms with Gasteiger partial charge >= 0.3 is 5.97 Å². The van der Waals surface area contributed by atoms with Gasteiger partial charge in [0.05, 0.1) is 17.0 Å². The molecule has 0 spiro atoms. The minimum atomic E-state index is -0.581. The van der Waals surface area contributed by atoms with Gasteiger partial charge in [0.15, 0.2) is 0 Å². The lowest BCUT2D eigenvalue weighted by Crippen LogP contribution is -2.38. The van der Waals surface area contributed by atoms with Gasteiger partial charge in [-0.05, 0) is 39.1 Å². The molecule has 0 N–H and O–H groups in total. The number of amides is 2. The van der Waals surface area contributed by atoms with Crippen molar-refractivity contribution in [2.75, 3.05) is 13.6 Å². The van der Waals surface area contributed by atoms with Gasteiger partial charge in [-0.2, -0.15) is 0 Å². The Morgan fingerprint density at radius 2 is 1.76 bits per heavy atom. The SMILES string of the molecule is C[C@@H]1[C@H](C(=O)ON2C(=O)c3ccccc3C2=O)CCN1C. The fourth-order valence-corrected chi connectivity index (χ4v) is 2.82. The van der Waals surface area contributed by atoms with Crippen molar-refractivity contribution in [2.24, 2.45) is 5.92 Å². The van der Waals surface area contributed by atoms with Crippen LogP contribution < -0.4 is 0 Å². The van der Waals surface area contributed by atoms with Crippen LogP contribution in [0.5, 0.6) is 0 Å². The van der Waals surface area contributed by atoms with Crippen molar-refractivity contribution in [1.29, 1.82) is 0 Å². The quantitative estimate of drug-likeness (QED) is 0.762. The highest BCUT2D eigenvalue weighted by Gasteiger charge is 2.42. The molecule has 2 heterocycles. The van der Waals surface area contributed by atoms with Crippen LogP contribution in [0.1, 0.15) is 34.1 Å². The van der Waals surface area contributed by atoms with Crippen molar-refractivity contribution in [3.8, 4) is 0 Å². The highest BCUT2D eigenvalue weighted by atomic mass is 16.7. The zero-order chi connectivity index (χ0) is 15.1. The third kappa shape index (κ3) is 2.12. The molecule has 1 fully saturated rings. The molecule has 3 rings (SSSR count). The number of carbonyl (C=O) groups excluding carboxylic acids is 3. The molecule has 110 valence electrons. The maximum atomic E-state index is 12.2. The second-order valence-corrected chi connectivity index (χ2v) is 5.48. The third-order valence-electron chi connectivity index (χ3n) is 4.31. The number of hydrogen-bond donors (Lipinski definition) is 0. The van der Waals surface area contributed by atoms with Gasteiger partial charge in [0.25, 0.3) is 11.8 Å². The number of hydroxylamine groups is 2. The van der Waals surface area contributed by atoms with Crippen molar-refractivity contribution in [3.63, 3.8) is 0 Å². The molecule has 21 heavy (non-hydrogen) atoms. The Kier molecular flexibility index (Phi) is 3.25. The van der Waals surface area contributed by atoms with E-state index in [1.165, 1.54) is 0 Å². The van der Waals surface area contributed by atoms with E-state index in [4.69, 9.17) is 4.84 Å². The van der Waals surface area contributed by atoms with E-state index in [-0.39, 0.29) is 23.1 Å². The Morgan fingerprint density at radius 3 is 2.24 bits per heavy atom. The molecule has 0 aliphatic carbocycles. The first-order valence-electron chi connectivity index (χ1n) is 6.90. The Labute approximate surface area is 122 Å². The maximum absolute atomic E-state index is 12.2. The lowest BCUT2D eigenvalue weighted by molar-refractivity contribution is -0.174. The molecule has 2 aliphatic heterocycles. The molecule has 0 radical (unpaired) electrons. The summed E-state index contributed by atoms with van der Waals surface area (Å²) in [6, 6.07) is 6.48. The van der Waals surface area contributed by atoms with E-state index in [0.717, 1.165) is 6.54 Å². The fraction of sp³-hybridized carbons (Fsp3) is 0.400. The van der Waals surface area contributed by atoms with Gasteiger partial charge in [-0.3, -0.25) is 9.59 Å². The predicted octanol–water partition coefficient (Wildman–Crippen LogP) is 1.08. The van der Waals surface area contributed by atoms with E-state index in [2.05, 4.69) is 0 Å². The largest absolute Gasteiger partial charge is 0.337 e. The molecule has 0 unspecified atom stereocenters. The van der Waals surface area contributed by atoms with E-state index < -0.39 is 17.8 Å². The number of carbonyl (C=O) groups is 3. The van der Waals surface area contributed by atoms with Crippen LogP contribution in [0.25, 0.3) is 0 Å². The molecule has 1 aromatic carbocycles. The topological polar surface area (TPSA) is 66.9 Å². The number of likely N-dealkylation sites (tertiary alicyclic amines) is 1. The van der Waals surface area contributed by atoms with Crippen molar-refractivity contribution < 1.29 is 19.2 Å². The van der Waals surface area contributed by atoms with Crippen LogP contribution in [0.3, 0.4) is 0 Å². The fourth-order valence-electron chi connectivity index (χ4n) is 2.82. The number of nitrogens with zero attached hydrogens (tertiary/aromatic N) is 2. The molecule has 0 bridgehead atoms. The Balaban J connectivity index is 1.77. The van der Waals surface area contributed by atoms with Crippen molar-refractivity contribution in [3.05, 3.63) is 35.4 Å². The van der Waals surface area contributed by atoms with Crippen LogP contribution in [-0.2, 0) is 9.63 Å². The summed E-state index contributed by atoms with van der Waals surface area (Å²) in [5.41, 5.74) is 0.541. The molecule has 2 amide bonds. The normalized spacial score (nSPS) is 25.3. The zero-order valence-corrected chi connectivity index (χ0v) is 11.9. The summed E-state index contributed by atoms with van der Waals surface area (Å²) >= 11 is 0. The van der Waals surface area contributed by atoms with Crippen LogP contribution in [0.15, 0.2) is 24.3 Å². The molecule has 0 saturated carbocycles. The minimum absolute atomic E-state index is 0.0349. The number of rotatable bonds is 2. The van der Waals surface area contributed by atoms with Gasteiger partial charge in [-0.25, -0.2) is 4.79 Å². The molecular weight excluding hydrogens is 272 g/mol. The van der Waals surface area contributed by atoms with Gasteiger partial charge in [0.2, 0.25) is 0 Å². The molecule has 2 aliphatic rings. The van der Waals surface area contributed by atoms with Crippen LogP contribution in [0, 0.1) is 5.92 Å². The monoisotopic (exact) mass is 288 g/mol. The second kappa shape index (κ2) is 4.96. The maximum Gasteiger partial charge on any atom is 0.337 e. The highest BCUT2D eigenvalue weighted by molar-refractivity contribution is 6.20. The molecule has 1 aromatic rings. The van der Waals surface area contributed by atoms with Gasteiger partial charge in [-0.15, -0.1) is 0 Å². The van der Waals surface area contributed by atoms with E-state index in [9.17, 15) is 14.4 Å². The molecule has 6 heteroatoms. The Morgan fingerprint density at radius 1 is 1.19 bits per heavy atom. The van der Waals surface area contributed by atoms with Crippen molar-refractivity contribution in [1.82, 2.24) is 9.96 Å². The molecule has 6 nitrogen and oxygen atoms in total. The summed E-state index contributed by atoms with van der Waals surface area (Å²) < 4.78 is 0. The van der Waals surface area contributed by atoms with Crippen LogP contribution in [-0.4, -0.2) is 47.4 Å². The first-order valence-corrected chi connectivity index (χ1v) is 6.90. The second-order valence-electron chi connectivity index (χ2n) is 5.48. The van der Waals surface area contributed by atoms with Gasteiger partial charge in [-0.1, -0.05) is 17.2 Å². The number of imide groups is 1. The molecular formula is C15H16N2O4. The van der Waals surface area contributed by atoms with E-state index in [0.29, 0.717) is 11.5 Å². The first kappa shape index (κ1) is 13.8. The molecule has 1 saturated heterocycles. The zero-order valence-electron chi connectivity index (χ0n) is 11.9. The Hall–Kier alpha value is -2.21. The summed E-state index contributed by atoms with van der Waals surface area (Å²) in [5, 5.41) is 0.581. The summed E-state index contributed by atoms with van der Waals surface area (Å²) in [7, 11) is 1.93. The van der Waals surface area contributed by atoms with Crippen molar-refractivity contribution >= 4 is 17.8 Å². The van der Waals surface area contributed by atoms with Crippen LogP contribution in [0.2, 0.25) is 0 Å². The molecule has 0 aromatic heterocycles. The standard InChI is InChI=1S/C15H16N2O4/c1-9-10(7-8-16(9)2)15(20)21-17-13(18)11-5-3-4-6-12(11)14(17)19/h3-6,9-10H,7-8H2,1-2H3/t9-,10-/m1/s1. The lowest BCUT2D eigenvalue weighted by atomic mass is 10.0. The van der Waals surface area contributed by atoms with Crippen LogP contribution >= 0.6 is 0 Å². The molecule has 2 atom stereocenters. The summed E-state index contributed by atoms with van der Waals surface area (Å²) in [4.78, 5) is 43.6. The number of benzene rings is 1. The third-order valence-corrected chi connectivity index (χ3v) is 4.31. The first-order chi connectivity index (χ1) is 10.0. The lowest BCUT2D eigenvalue weighted by Gasteiger charge is -2.20. The average molecular weight is 288 g/mol. The van der Waals surface area contributed by atoms with Gasteiger partial charge < -0.3 is 9.74 Å². The van der Waals surface area contributed by atoms with Gasteiger partial charge in [0.1, 0.15) is 0 Å². The number of hydrogen-bond acceptors (Lipinski definition) is 5. The minimum Gasteiger partial charge on any atom is -0.329 e. The summed E-state index contributed by atoms with van der Waals surface area (Å²) in [6.07, 6.45) is 0.666. The van der Waals surface area contributed by atoms with Crippen LogP contribution in [0.4, 0.5) is 0 Å². The average Bonchev–Trinajstić information content (AvgIpc) is 2.93. The van der Waals surface area contributed by atoms with E-state index in [1.54, 1.807) is 24.3 Å². The summed E-state index contributed by atoms with van der Waals surface area (Å²) in [6.45, 7) is 2.73. The Bertz CT molecular complexity index is 593. The summed E-state index contributed by atoms with van der Waals surface area (Å²) in [5.74, 6) is -2.01. The number of fused-ring (bicyclic) bond motifs is 1. The van der Waals surface area contributed by atoms with E-state index >= 15 is 0 Å². The highest BCUT2D eigenvalue weighted by Crippen LogP contribution is 2.27. The van der Waals surface area contributed by atoms with Gasteiger partial charge in [0, 0.05) is 6.04 Å². The predicted molar refractivity (Wildman–Crippen MR) is 73.2 cm³/mol. The smallest absolute Gasteiger partial charge is 0.329 e. The van der Waals surface area contributed by atoms with E-state index in [1.807, 2.05) is 18.9 Å². The van der Waals surface area contributed by atoms with Crippen molar-refractivity contribution in [2.45, 2.75) is 19.4 Å².